The summed E-state index contributed by atoms with van der Waals surface area (Å²) in [5, 5.41) is 3.33. The van der Waals surface area contributed by atoms with Crippen LogP contribution in [0.4, 0.5) is 0 Å². The normalized spacial score (nSPS) is 36.6. The van der Waals surface area contributed by atoms with Crippen molar-refractivity contribution in [2.24, 2.45) is 5.92 Å². The topological polar surface area (TPSA) is 41.6 Å². The predicted molar refractivity (Wildman–Crippen MR) is 71.4 cm³/mol. The summed E-state index contributed by atoms with van der Waals surface area (Å²) in [7, 11) is 3.97. The molecule has 1 aliphatic heterocycles. The van der Waals surface area contributed by atoms with Crippen molar-refractivity contribution >= 4 is 5.91 Å². The number of ether oxygens (including phenoxy) is 1. The molecular formula is C14H26N2O2. The van der Waals surface area contributed by atoms with E-state index >= 15 is 0 Å². The van der Waals surface area contributed by atoms with Gasteiger partial charge in [-0.1, -0.05) is 6.92 Å². The van der Waals surface area contributed by atoms with Crippen LogP contribution >= 0.6 is 0 Å². The largest absolute Gasteiger partial charge is 0.368 e. The molecule has 2 aliphatic rings. The molecule has 0 spiro atoms. The minimum Gasteiger partial charge on any atom is -0.368 e. The van der Waals surface area contributed by atoms with Crippen molar-refractivity contribution < 1.29 is 9.53 Å². The van der Waals surface area contributed by atoms with Gasteiger partial charge in [0.1, 0.15) is 6.10 Å². The first-order chi connectivity index (χ1) is 8.63. The van der Waals surface area contributed by atoms with Crippen LogP contribution in [0.1, 0.15) is 39.0 Å². The van der Waals surface area contributed by atoms with Crippen LogP contribution in [-0.2, 0) is 9.53 Å². The highest BCUT2D eigenvalue weighted by Crippen LogP contribution is 2.26. The summed E-state index contributed by atoms with van der Waals surface area (Å²) >= 11 is 0. The Balaban J connectivity index is 1.87. The van der Waals surface area contributed by atoms with Gasteiger partial charge in [-0.3, -0.25) is 4.79 Å². The molecule has 2 rings (SSSR count). The molecule has 2 unspecified atom stereocenters. The first-order valence-electron chi connectivity index (χ1n) is 7.19. The third kappa shape index (κ3) is 2.86. The van der Waals surface area contributed by atoms with E-state index in [2.05, 4.69) is 12.2 Å². The fraction of sp³-hybridized carbons (Fsp3) is 0.929. The van der Waals surface area contributed by atoms with E-state index in [9.17, 15) is 4.79 Å². The molecule has 2 atom stereocenters. The molecule has 4 heteroatoms. The van der Waals surface area contributed by atoms with Gasteiger partial charge in [0.05, 0.1) is 0 Å². The summed E-state index contributed by atoms with van der Waals surface area (Å²) in [5.41, 5.74) is 0. The smallest absolute Gasteiger partial charge is 0.251 e. The van der Waals surface area contributed by atoms with Crippen molar-refractivity contribution in [2.45, 2.75) is 57.2 Å². The lowest BCUT2D eigenvalue weighted by atomic mass is 9.90. The highest BCUT2D eigenvalue weighted by molar-refractivity contribution is 5.81. The van der Waals surface area contributed by atoms with E-state index in [1.165, 1.54) is 12.8 Å². The Hall–Kier alpha value is -0.610. The molecule has 0 aromatic rings. The number of carbonyl (C=O) groups excluding carboxylic acids is 1. The molecular weight excluding hydrogens is 228 g/mol. The van der Waals surface area contributed by atoms with Crippen molar-refractivity contribution in [3.8, 4) is 0 Å². The van der Waals surface area contributed by atoms with E-state index in [1.807, 2.05) is 19.0 Å². The summed E-state index contributed by atoms with van der Waals surface area (Å²) in [4.78, 5) is 14.3. The average molecular weight is 254 g/mol. The van der Waals surface area contributed by atoms with Crippen LogP contribution in [0, 0.1) is 5.92 Å². The van der Waals surface area contributed by atoms with Crippen molar-refractivity contribution in [3.05, 3.63) is 0 Å². The molecule has 0 radical (unpaired) electrons. The summed E-state index contributed by atoms with van der Waals surface area (Å²) in [6, 6.07) is 1.03. The Morgan fingerprint density at radius 3 is 2.39 bits per heavy atom. The van der Waals surface area contributed by atoms with Crippen LogP contribution in [0.15, 0.2) is 0 Å². The number of rotatable bonds is 3. The van der Waals surface area contributed by atoms with Crippen molar-refractivity contribution in [1.82, 2.24) is 10.2 Å². The van der Waals surface area contributed by atoms with E-state index in [4.69, 9.17) is 4.74 Å². The average Bonchev–Trinajstić information content (AvgIpc) is 2.83. The minimum absolute atomic E-state index is 0.188. The van der Waals surface area contributed by atoms with Crippen molar-refractivity contribution in [1.29, 1.82) is 0 Å². The fourth-order valence-electron chi connectivity index (χ4n) is 3.14. The first kappa shape index (κ1) is 13.8. The second kappa shape index (κ2) is 6.02. The summed E-state index contributed by atoms with van der Waals surface area (Å²) in [5.74, 6) is 0.557. The summed E-state index contributed by atoms with van der Waals surface area (Å²) < 4.78 is 5.58. The fourth-order valence-corrected chi connectivity index (χ4v) is 3.14. The Kier molecular flexibility index (Phi) is 4.62. The van der Waals surface area contributed by atoms with Crippen LogP contribution in [-0.4, -0.2) is 49.7 Å². The zero-order valence-corrected chi connectivity index (χ0v) is 11.8. The quantitative estimate of drug-likeness (QED) is 0.828. The SMILES string of the molecule is CNC1CCC(N(C)C(=O)C2OCCC2C)CC1. The standard InChI is InChI=1S/C14H26N2O2/c1-10-8-9-18-13(10)14(17)16(3)12-6-4-11(15-2)5-7-12/h10-13,15H,4-9H2,1-3H3. The molecule has 18 heavy (non-hydrogen) atoms. The van der Waals surface area contributed by atoms with E-state index < -0.39 is 0 Å². The zero-order valence-electron chi connectivity index (χ0n) is 11.8. The first-order valence-corrected chi connectivity index (χ1v) is 7.19. The van der Waals surface area contributed by atoms with E-state index in [-0.39, 0.29) is 12.0 Å². The van der Waals surface area contributed by atoms with E-state index in [1.54, 1.807) is 0 Å². The summed E-state index contributed by atoms with van der Waals surface area (Å²) in [6.07, 6.45) is 5.36. The lowest BCUT2D eigenvalue weighted by Gasteiger charge is -2.36. The maximum atomic E-state index is 12.4. The van der Waals surface area contributed by atoms with Gasteiger partial charge in [-0.25, -0.2) is 0 Å². The molecule has 1 amide bonds. The van der Waals surface area contributed by atoms with E-state index in [0.29, 0.717) is 18.0 Å². The minimum atomic E-state index is -0.197. The molecule has 1 saturated heterocycles. The van der Waals surface area contributed by atoms with Crippen LogP contribution in [0.25, 0.3) is 0 Å². The van der Waals surface area contributed by atoms with Gasteiger partial charge >= 0.3 is 0 Å². The number of amides is 1. The highest BCUT2D eigenvalue weighted by Gasteiger charge is 2.35. The maximum Gasteiger partial charge on any atom is 0.251 e. The molecule has 4 nitrogen and oxygen atoms in total. The lowest BCUT2D eigenvalue weighted by molar-refractivity contribution is -0.143. The van der Waals surface area contributed by atoms with Crippen LogP contribution in [0.3, 0.4) is 0 Å². The molecule has 1 N–H and O–H groups in total. The molecule has 0 aromatic heterocycles. The Bertz CT molecular complexity index is 288. The van der Waals surface area contributed by atoms with Gasteiger partial charge in [-0.15, -0.1) is 0 Å². The number of hydrogen-bond donors (Lipinski definition) is 1. The molecule has 0 bridgehead atoms. The summed E-state index contributed by atoms with van der Waals surface area (Å²) in [6.45, 7) is 2.85. The second-order valence-corrected chi connectivity index (χ2v) is 5.80. The van der Waals surface area contributed by atoms with Crippen LogP contribution in [0.5, 0.6) is 0 Å². The molecule has 1 aliphatic carbocycles. The van der Waals surface area contributed by atoms with Gasteiger partial charge in [0.15, 0.2) is 0 Å². The van der Waals surface area contributed by atoms with Crippen molar-refractivity contribution in [3.63, 3.8) is 0 Å². The van der Waals surface area contributed by atoms with Crippen molar-refractivity contribution in [2.75, 3.05) is 20.7 Å². The van der Waals surface area contributed by atoms with Crippen LogP contribution in [0.2, 0.25) is 0 Å². The van der Waals surface area contributed by atoms with Crippen LogP contribution < -0.4 is 5.32 Å². The predicted octanol–water partition coefficient (Wildman–Crippen LogP) is 1.40. The lowest BCUT2D eigenvalue weighted by Crippen LogP contribution is -2.47. The Labute approximate surface area is 110 Å². The van der Waals surface area contributed by atoms with Gasteiger partial charge in [0.2, 0.25) is 0 Å². The molecule has 1 heterocycles. The van der Waals surface area contributed by atoms with E-state index in [0.717, 1.165) is 25.9 Å². The van der Waals surface area contributed by atoms with Gasteiger partial charge in [0.25, 0.3) is 5.91 Å². The zero-order chi connectivity index (χ0) is 13.1. The number of likely N-dealkylation sites (N-methyl/N-ethyl adjacent to an activating group) is 1. The second-order valence-electron chi connectivity index (χ2n) is 5.80. The number of carbonyl (C=O) groups is 1. The number of hydrogen-bond acceptors (Lipinski definition) is 3. The van der Waals surface area contributed by atoms with Gasteiger partial charge in [0, 0.05) is 25.7 Å². The molecule has 0 aromatic carbocycles. The third-order valence-corrected chi connectivity index (χ3v) is 4.63. The number of nitrogens with zero attached hydrogens (tertiary/aromatic N) is 1. The van der Waals surface area contributed by atoms with Gasteiger partial charge in [-0.2, -0.15) is 0 Å². The third-order valence-electron chi connectivity index (χ3n) is 4.63. The molecule has 1 saturated carbocycles. The maximum absolute atomic E-state index is 12.4. The Morgan fingerprint density at radius 1 is 1.22 bits per heavy atom. The van der Waals surface area contributed by atoms with Gasteiger partial charge < -0.3 is 15.0 Å². The highest BCUT2D eigenvalue weighted by atomic mass is 16.5. The number of nitrogens with one attached hydrogen (secondary N) is 1. The molecule has 2 fully saturated rings. The van der Waals surface area contributed by atoms with Gasteiger partial charge in [-0.05, 0) is 45.1 Å². The molecule has 104 valence electrons. The monoisotopic (exact) mass is 254 g/mol. The Morgan fingerprint density at radius 2 is 1.89 bits per heavy atom.